The summed E-state index contributed by atoms with van der Waals surface area (Å²) in [5.74, 6) is 1.22. The molecule has 0 atom stereocenters. The van der Waals surface area contributed by atoms with E-state index >= 15 is 0 Å². The third-order valence-electron chi connectivity index (χ3n) is 2.82. The molecule has 0 aliphatic heterocycles. The molecule has 0 saturated carbocycles. The molecule has 23 heavy (non-hydrogen) atoms. The number of methoxy groups -OCH3 is 1. The Balaban J connectivity index is 0.00000484. The molecular weight excluding hydrogens is 412 g/mol. The quantitative estimate of drug-likeness (QED) is 0.255. The van der Waals surface area contributed by atoms with E-state index in [1.807, 2.05) is 6.92 Å². The van der Waals surface area contributed by atoms with Crippen molar-refractivity contribution in [2.45, 2.75) is 19.8 Å². The van der Waals surface area contributed by atoms with Crippen molar-refractivity contribution in [1.82, 2.24) is 10.6 Å². The van der Waals surface area contributed by atoms with Crippen LogP contribution in [0.1, 0.15) is 19.8 Å². The number of ether oxygens (including phenoxy) is 2. The Morgan fingerprint density at radius 2 is 1.87 bits per heavy atom. The average Bonchev–Trinajstić information content (AvgIpc) is 2.53. The Morgan fingerprint density at radius 1 is 1.13 bits per heavy atom. The molecule has 5 nitrogen and oxygen atoms in total. The first-order valence-corrected chi connectivity index (χ1v) is 7.65. The van der Waals surface area contributed by atoms with Gasteiger partial charge in [-0.2, -0.15) is 0 Å². The van der Waals surface area contributed by atoms with E-state index in [0.717, 1.165) is 38.5 Å². The van der Waals surface area contributed by atoms with E-state index in [2.05, 4.69) is 15.6 Å². The van der Waals surface area contributed by atoms with Crippen molar-refractivity contribution in [3.63, 3.8) is 0 Å². The molecule has 0 spiro atoms. The topological polar surface area (TPSA) is 54.9 Å². The van der Waals surface area contributed by atoms with Crippen LogP contribution in [-0.4, -0.2) is 45.9 Å². The fourth-order valence-electron chi connectivity index (χ4n) is 1.74. The van der Waals surface area contributed by atoms with Crippen LogP contribution in [0.3, 0.4) is 0 Å². The maximum atomic E-state index is 12.7. The third-order valence-corrected chi connectivity index (χ3v) is 2.82. The van der Waals surface area contributed by atoms with Gasteiger partial charge in [-0.3, -0.25) is 4.99 Å². The van der Waals surface area contributed by atoms with Gasteiger partial charge in [0.05, 0.1) is 6.61 Å². The maximum Gasteiger partial charge on any atom is 0.191 e. The number of hydrogen-bond acceptors (Lipinski definition) is 3. The predicted octanol–water partition coefficient (Wildman–Crippen LogP) is 2.80. The lowest BCUT2D eigenvalue weighted by molar-refractivity contribution is 0.195. The van der Waals surface area contributed by atoms with Crippen molar-refractivity contribution < 1.29 is 13.9 Å². The Kier molecular flexibility index (Phi) is 13.8. The molecule has 0 aliphatic rings. The van der Waals surface area contributed by atoms with E-state index in [9.17, 15) is 4.39 Å². The van der Waals surface area contributed by atoms with Crippen molar-refractivity contribution >= 4 is 29.9 Å². The molecule has 0 radical (unpaired) electrons. The van der Waals surface area contributed by atoms with Gasteiger partial charge in [0.25, 0.3) is 0 Å². The molecule has 0 aromatic heterocycles. The SMILES string of the molecule is CCNC(=NCCCOc1ccc(F)cc1)NCCCOC.I. The van der Waals surface area contributed by atoms with Crippen LogP contribution in [0.5, 0.6) is 5.75 Å². The summed E-state index contributed by atoms with van der Waals surface area (Å²) in [6.07, 6.45) is 1.74. The van der Waals surface area contributed by atoms with Gasteiger partial charge in [0, 0.05) is 39.8 Å². The summed E-state index contributed by atoms with van der Waals surface area (Å²) in [6.45, 7) is 5.63. The molecule has 0 amide bonds. The third kappa shape index (κ3) is 11.1. The van der Waals surface area contributed by atoms with E-state index in [0.29, 0.717) is 18.9 Å². The van der Waals surface area contributed by atoms with Crippen LogP contribution in [-0.2, 0) is 4.74 Å². The highest BCUT2D eigenvalue weighted by Gasteiger charge is 1.97. The minimum absolute atomic E-state index is 0. The number of nitrogens with zero attached hydrogens (tertiary/aromatic N) is 1. The molecule has 0 aliphatic carbocycles. The summed E-state index contributed by atoms with van der Waals surface area (Å²) in [5.41, 5.74) is 0. The van der Waals surface area contributed by atoms with Crippen LogP contribution in [0, 0.1) is 5.82 Å². The molecule has 1 aromatic carbocycles. The van der Waals surface area contributed by atoms with Gasteiger partial charge in [-0.25, -0.2) is 4.39 Å². The van der Waals surface area contributed by atoms with Gasteiger partial charge in [0.15, 0.2) is 5.96 Å². The average molecular weight is 439 g/mol. The molecule has 1 rings (SSSR count). The Hall–Kier alpha value is -1.09. The van der Waals surface area contributed by atoms with Crippen LogP contribution < -0.4 is 15.4 Å². The number of halogens is 2. The van der Waals surface area contributed by atoms with Gasteiger partial charge < -0.3 is 20.1 Å². The van der Waals surface area contributed by atoms with Crippen LogP contribution in [0.15, 0.2) is 29.3 Å². The van der Waals surface area contributed by atoms with E-state index in [-0.39, 0.29) is 29.8 Å². The highest BCUT2D eigenvalue weighted by atomic mass is 127. The van der Waals surface area contributed by atoms with Crippen LogP contribution in [0.4, 0.5) is 4.39 Å². The van der Waals surface area contributed by atoms with Crippen LogP contribution >= 0.6 is 24.0 Å². The highest BCUT2D eigenvalue weighted by Crippen LogP contribution is 2.10. The van der Waals surface area contributed by atoms with E-state index < -0.39 is 0 Å². The maximum absolute atomic E-state index is 12.7. The van der Waals surface area contributed by atoms with Crippen LogP contribution in [0.2, 0.25) is 0 Å². The van der Waals surface area contributed by atoms with Crippen molar-refractivity contribution in [1.29, 1.82) is 0 Å². The van der Waals surface area contributed by atoms with Crippen molar-refractivity contribution in [2.24, 2.45) is 4.99 Å². The Morgan fingerprint density at radius 3 is 2.52 bits per heavy atom. The number of guanidine groups is 1. The second kappa shape index (κ2) is 14.5. The van der Waals surface area contributed by atoms with Gasteiger partial charge >= 0.3 is 0 Å². The zero-order valence-corrected chi connectivity index (χ0v) is 16.1. The summed E-state index contributed by atoms with van der Waals surface area (Å²) in [6, 6.07) is 6.03. The number of aliphatic imine (C=N–C) groups is 1. The van der Waals surface area contributed by atoms with Gasteiger partial charge in [-0.1, -0.05) is 0 Å². The van der Waals surface area contributed by atoms with E-state index in [4.69, 9.17) is 9.47 Å². The molecule has 0 heterocycles. The summed E-state index contributed by atoms with van der Waals surface area (Å²) in [5, 5.41) is 6.44. The molecule has 7 heteroatoms. The second-order valence-electron chi connectivity index (χ2n) is 4.69. The zero-order valence-electron chi connectivity index (χ0n) is 13.8. The van der Waals surface area contributed by atoms with Gasteiger partial charge in [-0.15, -0.1) is 24.0 Å². The second-order valence-corrected chi connectivity index (χ2v) is 4.69. The lowest BCUT2D eigenvalue weighted by Gasteiger charge is -2.11. The molecule has 132 valence electrons. The largest absolute Gasteiger partial charge is 0.494 e. The first-order valence-electron chi connectivity index (χ1n) is 7.65. The Bertz CT molecular complexity index is 430. The molecular formula is C16H27FIN3O2. The fraction of sp³-hybridized carbons (Fsp3) is 0.562. The van der Waals surface area contributed by atoms with Crippen molar-refractivity contribution in [3.05, 3.63) is 30.1 Å². The molecule has 0 saturated heterocycles. The minimum Gasteiger partial charge on any atom is -0.494 e. The molecule has 1 aromatic rings. The minimum atomic E-state index is -0.258. The lowest BCUT2D eigenvalue weighted by Crippen LogP contribution is -2.38. The Labute approximate surface area is 155 Å². The first kappa shape index (κ1) is 21.9. The van der Waals surface area contributed by atoms with Gasteiger partial charge in [0.1, 0.15) is 11.6 Å². The lowest BCUT2D eigenvalue weighted by atomic mass is 10.3. The summed E-state index contributed by atoms with van der Waals surface area (Å²) in [7, 11) is 1.69. The normalized spacial score (nSPS) is 10.8. The fourth-order valence-corrected chi connectivity index (χ4v) is 1.74. The highest BCUT2D eigenvalue weighted by molar-refractivity contribution is 14.0. The standard InChI is InChI=1S/C16H26FN3O2.HI/c1-3-18-16(19-10-4-12-21-2)20-11-5-13-22-15-8-6-14(17)7-9-15;/h6-9H,3-5,10-13H2,1-2H3,(H2,18,19,20);1H. The summed E-state index contributed by atoms with van der Waals surface area (Å²) < 4.78 is 23.3. The van der Waals surface area contributed by atoms with Gasteiger partial charge in [-0.05, 0) is 37.6 Å². The van der Waals surface area contributed by atoms with E-state index in [1.54, 1.807) is 19.2 Å². The number of rotatable bonds is 10. The molecule has 0 bridgehead atoms. The van der Waals surface area contributed by atoms with Crippen molar-refractivity contribution in [2.75, 3.05) is 40.0 Å². The van der Waals surface area contributed by atoms with Gasteiger partial charge in [0.2, 0.25) is 0 Å². The molecule has 0 unspecified atom stereocenters. The van der Waals surface area contributed by atoms with Crippen molar-refractivity contribution in [3.8, 4) is 5.75 Å². The predicted molar refractivity (Wildman–Crippen MR) is 102 cm³/mol. The van der Waals surface area contributed by atoms with Crippen LogP contribution in [0.25, 0.3) is 0 Å². The summed E-state index contributed by atoms with van der Waals surface area (Å²) >= 11 is 0. The number of hydrogen-bond donors (Lipinski definition) is 2. The first-order chi connectivity index (χ1) is 10.8. The summed E-state index contributed by atoms with van der Waals surface area (Å²) in [4.78, 5) is 4.47. The monoisotopic (exact) mass is 439 g/mol. The number of benzene rings is 1. The molecule has 0 fully saturated rings. The van der Waals surface area contributed by atoms with E-state index in [1.165, 1.54) is 12.1 Å². The number of nitrogens with one attached hydrogen (secondary N) is 2. The smallest absolute Gasteiger partial charge is 0.191 e. The zero-order chi connectivity index (χ0) is 16.0. The molecule has 2 N–H and O–H groups in total.